The van der Waals surface area contributed by atoms with Crippen molar-refractivity contribution in [1.82, 2.24) is 0 Å². The van der Waals surface area contributed by atoms with Crippen LogP contribution in [-0.2, 0) is 4.74 Å². The summed E-state index contributed by atoms with van der Waals surface area (Å²) in [4.78, 5) is 0. The first-order valence-electron chi connectivity index (χ1n) is 3.66. The molecule has 1 fully saturated rings. The van der Waals surface area contributed by atoms with Crippen molar-refractivity contribution in [3.05, 3.63) is 0 Å². The average molecular weight is 162 g/mol. The molecule has 1 aliphatic rings. The second kappa shape index (κ2) is 2.71. The minimum absolute atomic E-state index is 0.0746. The molecule has 4 nitrogen and oxygen atoms in total. The summed E-state index contributed by atoms with van der Waals surface area (Å²) in [5, 5.41) is 28.0. The van der Waals surface area contributed by atoms with E-state index in [2.05, 4.69) is 0 Å². The van der Waals surface area contributed by atoms with Gasteiger partial charge in [-0.3, -0.25) is 0 Å². The van der Waals surface area contributed by atoms with Crippen molar-refractivity contribution in [3.63, 3.8) is 0 Å². The quantitative estimate of drug-likeness (QED) is 0.422. The highest BCUT2D eigenvalue weighted by Gasteiger charge is 2.45. The van der Waals surface area contributed by atoms with E-state index in [1.165, 1.54) is 6.92 Å². The molecule has 0 saturated carbocycles. The van der Waals surface area contributed by atoms with Gasteiger partial charge in [0.1, 0.15) is 17.8 Å². The predicted octanol–water partition coefficient (Wildman–Crippen LogP) is -1.12. The standard InChI is InChI=1S/C7H14O4/c1-4-6(9)7(2,10)5(8)3-11-4/h4-6,8-10H,3H2,1-2H3/t4?,5?,6-,7-/m1/s1. The molecule has 0 radical (unpaired) electrons. The Labute approximate surface area is 65.4 Å². The van der Waals surface area contributed by atoms with Crippen molar-refractivity contribution in [2.75, 3.05) is 6.61 Å². The molecule has 0 aromatic rings. The molecule has 1 rings (SSSR count). The molecule has 0 aliphatic carbocycles. The van der Waals surface area contributed by atoms with Crippen LogP contribution in [0.4, 0.5) is 0 Å². The van der Waals surface area contributed by atoms with E-state index >= 15 is 0 Å². The van der Waals surface area contributed by atoms with Crippen molar-refractivity contribution in [1.29, 1.82) is 0 Å². The Morgan fingerprint density at radius 2 is 2.00 bits per heavy atom. The maximum atomic E-state index is 9.50. The molecule has 2 unspecified atom stereocenters. The molecule has 0 aromatic carbocycles. The summed E-state index contributed by atoms with van der Waals surface area (Å²) in [5.41, 5.74) is -1.45. The second-order valence-corrected chi connectivity index (χ2v) is 3.22. The summed E-state index contributed by atoms with van der Waals surface area (Å²) in [5.74, 6) is 0. The van der Waals surface area contributed by atoms with Crippen molar-refractivity contribution in [2.24, 2.45) is 0 Å². The van der Waals surface area contributed by atoms with E-state index in [4.69, 9.17) is 4.74 Å². The summed E-state index contributed by atoms with van der Waals surface area (Å²) in [6.45, 7) is 3.14. The molecule has 1 aliphatic heterocycles. The van der Waals surface area contributed by atoms with Crippen LogP contribution in [0.15, 0.2) is 0 Å². The number of aliphatic hydroxyl groups is 3. The van der Waals surface area contributed by atoms with Crippen molar-refractivity contribution < 1.29 is 20.1 Å². The molecule has 0 aromatic heterocycles. The van der Waals surface area contributed by atoms with Crippen LogP contribution in [0.3, 0.4) is 0 Å². The van der Waals surface area contributed by atoms with E-state index in [0.717, 1.165) is 0 Å². The van der Waals surface area contributed by atoms with Crippen LogP contribution >= 0.6 is 0 Å². The van der Waals surface area contributed by atoms with Crippen molar-refractivity contribution in [3.8, 4) is 0 Å². The van der Waals surface area contributed by atoms with Gasteiger partial charge in [-0.15, -0.1) is 0 Å². The van der Waals surface area contributed by atoms with E-state index in [1.807, 2.05) is 0 Å². The lowest BCUT2D eigenvalue weighted by molar-refractivity contribution is -0.229. The Hall–Kier alpha value is -0.160. The van der Waals surface area contributed by atoms with Crippen LogP contribution in [0.5, 0.6) is 0 Å². The molecule has 3 N–H and O–H groups in total. The summed E-state index contributed by atoms with van der Waals surface area (Å²) >= 11 is 0. The van der Waals surface area contributed by atoms with Gasteiger partial charge in [0.15, 0.2) is 0 Å². The molecule has 66 valence electrons. The largest absolute Gasteiger partial charge is 0.388 e. The van der Waals surface area contributed by atoms with E-state index < -0.39 is 23.9 Å². The number of rotatable bonds is 0. The highest BCUT2D eigenvalue weighted by molar-refractivity contribution is 4.95. The predicted molar refractivity (Wildman–Crippen MR) is 38.1 cm³/mol. The third kappa shape index (κ3) is 1.39. The Morgan fingerprint density at radius 1 is 1.45 bits per heavy atom. The molecule has 0 amide bonds. The smallest absolute Gasteiger partial charge is 0.118 e. The highest BCUT2D eigenvalue weighted by Crippen LogP contribution is 2.24. The third-order valence-corrected chi connectivity index (χ3v) is 2.24. The maximum Gasteiger partial charge on any atom is 0.118 e. The zero-order chi connectivity index (χ0) is 8.65. The van der Waals surface area contributed by atoms with Gasteiger partial charge in [-0.1, -0.05) is 0 Å². The molecule has 4 heteroatoms. The van der Waals surface area contributed by atoms with Crippen LogP contribution in [0.25, 0.3) is 0 Å². The van der Waals surface area contributed by atoms with Gasteiger partial charge in [-0.25, -0.2) is 0 Å². The van der Waals surface area contributed by atoms with Gasteiger partial charge >= 0.3 is 0 Å². The Balaban J connectivity index is 2.72. The topological polar surface area (TPSA) is 69.9 Å². The molecule has 11 heavy (non-hydrogen) atoms. The van der Waals surface area contributed by atoms with E-state index in [9.17, 15) is 15.3 Å². The highest BCUT2D eigenvalue weighted by atomic mass is 16.5. The molecule has 0 bridgehead atoms. The van der Waals surface area contributed by atoms with Gasteiger partial charge in [0.05, 0.1) is 12.7 Å². The lowest BCUT2D eigenvalue weighted by Gasteiger charge is -2.41. The summed E-state index contributed by atoms with van der Waals surface area (Å²) in [7, 11) is 0. The molecular weight excluding hydrogens is 148 g/mol. The van der Waals surface area contributed by atoms with Gasteiger partial charge in [0.2, 0.25) is 0 Å². The normalized spacial score (nSPS) is 52.6. The number of aliphatic hydroxyl groups excluding tert-OH is 2. The Morgan fingerprint density at radius 3 is 2.45 bits per heavy atom. The van der Waals surface area contributed by atoms with Crippen LogP contribution in [-0.4, -0.2) is 45.8 Å². The first-order valence-corrected chi connectivity index (χ1v) is 3.66. The fourth-order valence-corrected chi connectivity index (χ4v) is 1.18. The molecule has 1 heterocycles. The zero-order valence-corrected chi connectivity index (χ0v) is 6.69. The second-order valence-electron chi connectivity index (χ2n) is 3.22. The third-order valence-electron chi connectivity index (χ3n) is 2.24. The zero-order valence-electron chi connectivity index (χ0n) is 6.69. The lowest BCUT2D eigenvalue weighted by atomic mass is 9.87. The van der Waals surface area contributed by atoms with Crippen LogP contribution < -0.4 is 0 Å². The van der Waals surface area contributed by atoms with Gasteiger partial charge < -0.3 is 20.1 Å². The van der Waals surface area contributed by atoms with Gasteiger partial charge in [0, 0.05) is 0 Å². The van der Waals surface area contributed by atoms with E-state index in [-0.39, 0.29) is 6.61 Å². The first kappa shape index (κ1) is 8.93. The summed E-state index contributed by atoms with van der Waals surface area (Å²) in [6, 6.07) is 0. The van der Waals surface area contributed by atoms with E-state index in [0.29, 0.717) is 0 Å². The maximum absolute atomic E-state index is 9.50. The van der Waals surface area contributed by atoms with Gasteiger partial charge in [0.25, 0.3) is 0 Å². The molecule has 1 saturated heterocycles. The minimum atomic E-state index is -1.45. The average Bonchev–Trinajstić information content (AvgIpc) is 1.95. The molecular formula is C7H14O4. The van der Waals surface area contributed by atoms with E-state index in [1.54, 1.807) is 6.92 Å². The van der Waals surface area contributed by atoms with Crippen LogP contribution in [0, 0.1) is 0 Å². The number of hydrogen-bond donors (Lipinski definition) is 3. The summed E-state index contributed by atoms with van der Waals surface area (Å²) < 4.78 is 4.98. The minimum Gasteiger partial charge on any atom is -0.388 e. The van der Waals surface area contributed by atoms with Gasteiger partial charge in [-0.2, -0.15) is 0 Å². The monoisotopic (exact) mass is 162 g/mol. The molecule has 0 spiro atoms. The Bertz CT molecular complexity index is 145. The number of hydrogen-bond acceptors (Lipinski definition) is 4. The fraction of sp³-hybridized carbons (Fsp3) is 1.00. The van der Waals surface area contributed by atoms with Crippen LogP contribution in [0.2, 0.25) is 0 Å². The molecule has 4 atom stereocenters. The van der Waals surface area contributed by atoms with Crippen molar-refractivity contribution in [2.45, 2.75) is 37.8 Å². The number of ether oxygens (including phenoxy) is 1. The van der Waals surface area contributed by atoms with Crippen molar-refractivity contribution >= 4 is 0 Å². The Kier molecular flexibility index (Phi) is 2.20. The first-order chi connectivity index (χ1) is 4.96. The SMILES string of the molecule is CC1OCC(O)[C@@](C)(O)[C@@H]1O. The lowest BCUT2D eigenvalue weighted by Crippen LogP contribution is -2.60. The van der Waals surface area contributed by atoms with Gasteiger partial charge in [-0.05, 0) is 13.8 Å². The fourth-order valence-electron chi connectivity index (χ4n) is 1.18. The van der Waals surface area contributed by atoms with Crippen LogP contribution in [0.1, 0.15) is 13.8 Å². The summed E-state index contributed by atoms with van der Waals surface area (Å²) in [6.07, 6.45) is -2.45.